The number of carboxylic acid groups (broad SMARTS) is 2. The van der Waals surface area contributed by atoms with Crippen molar-refractivity contribution in [1.82, 2.24) is 32.0 Å². The fourth-order valence-corrected chi connectivity index (χ4v) is 17.0. The standard InChI is InChI=1S/2C23H24FN3O3S.C22H22N4O3S.2CH2O2/c1-25-9-7-16(8-10-25)20-15-27(22-13-17(24)3-5-19(20)22)31(28,29)18-4-6-21-23(14-18)30-12-11-26(21)2;1-25-10-8-16(9-11-25)19-15-27(23-18(19)4-3-5-20(23)24)31(28,29)17-6-7-21-22(14-17)30-13-12-26(21)2;1-15(27)25-12-8-17-13-18(4-5-21(17)25)30(28,29)26-14-20(16-6-10-23-11-7-16)19-3-2-9-24-22(19)26;2*2-1-3/h3-7,13-15H,8-12H2,1-2H3;3-8,14-15H,9-13H2,1-2H3;2-6,9,13-14,23H,7-8,10-12H2,1H3;2*1H,(H,2,3). The molecule has 0 fully saturated rings. The minimum atomic E-state index is -4.03. The zero-order chi connectivity index (χ0) is 69.8. The van der Waals surface area contributed by atoms with Gasteiger partial charge in [-0.3, -0.25) is 14.4 Å². The maximum atomic E-state index is 14.9. The van der Waals surface area contributed by atoms with Gasteiger partial charge in [-0.05, 0) is 147 Å². The van der Waals surface area contributed by atoms with E-state index in [1.54, 1.807) is 96.4 Å². The molecular formula is C70H74F2N10O13S3. The number of rotatable bonds is 9. The summed E-state index contributed by atoms with van der Waals surface area (Å²) in [7, 11) is -3.84. The fraction of sp³-hybridized carbons (Fsp3) is 0.286. The maximum Gasteiger partial charge on any atom is 0.290 e. The van der Waals surface area contributed by atoms with E-state index in [-0.39, 0.29) is 39.1 Å². The number of nitrogens with one attached hydrogen (secondary N) is 1. The number of pyridine rings is 1. The summed E-state index contributed by atoms with van der Waals surface area (Å²) in [5.41, 5.74) is 9.96. The van der Waals surface area contributed by atoms with Crippen LogP contribution >= 0.6 is 0 Å². The molecule has 0 unspecified atom stereocenters. The third kappa shape index (κ3) is 13.9. The van der Waals surface area contributed by atoms with Crippen molar-refractivity contribution in [2.45, 2.75) is 47.3 Å². The number of para-hydroxylation sites is 1. The average Bonchev–Trinajstić information content (AvgIpc) is 1.57. The molecule has 3 N–H and O–H groups in total. The van der Waals surface area contributed by atoms with Gasteiger partial charge in [0.2, 0.25) is 5.91 Å². The zero-order valence-electron chi connectivity index (χ0n) is 54.5. The van der Waals surface area contributed by atoms with Gasteiger partial charge < -0.3 is 49.5 Å². The molecule has 98 heavy (non-hydrogen) atoms. The number of carbonyl (C=O) groups is 3. The van der Waals surface area contributed by atoms with Crippen LogP contribution in [0.25, 0.3) is 49.6 Å². The van der Waals surface area contributed by atoms with Crippen LogP contribution in [0.2, 0.25) is 0 Å². The van der Waals surface area contributed by atoms with Gasteiger partial charge in [0.1, 0.15) is 41.9 Å². The number of benzene rings is 5. The van der Waals surface area contributed by atoms with E-state index in [2.05, 4.69) is 38.3 Å². The van der Waals surface area contributed by atoms with E-state index in [0.717, 1.165) is 142 Å². The van der Waals surface area contributed by atoms with Crippen molar-refractivity contribution in [3.05, 3.63) is 180 Å². The van der Waals surface area contributed by atoms with Gasteiger partial charge in [-0.15, -0.1) is 0 Å². The van der Waals surface area contributed by atoms with Gasteiger partial charge in [-0.2, -0.15) is 0 Å². The topological polar surface area (TPSA) is 268 Å². The summed E-state index contributed by atoms with van der Waals surface area (Å²) in [5, 5.41) is 19.2. The predicted molar refractivity (Wildman–Crippen MR) is 373 cm³/mol. The summed E-state index contributed by atoms with van der Waals surface area (Å²) < 4.78 is 126. The highest BCUT2D eigenvalue weighted by Crippen LogP contribution is 2.41. The van der Waals surface area contributed by atoms with Crippen molar-refractivity contribution in [2.75, 3.05) is 115 Å². The Morgan fingerprint density at radius 3 is 1.65 bits per heavy atom. The van der Waals surface area contributed by atoms with Gasteiger partial charge in [0, 0.05) is 136 Å². The number of halogens is 2. The first kappa shape index (κ1) is 69.6. The highest BCUT2D eigenvalue weighted by molar-refractivity contribution is 7.90. The summed E-state index contributed by atoms with van der Waals surface area (Å²) in [6, 6.07) is 27.5. The Morgan fingerprint density at radius 1 is 0.561 bits per heavy atom. The lowest BCUT2D eigenvalue weighted by Crippen LogP contribution is -2.29. The Kier molecular flexibility index (Phi) is 20.7. The largest absolute Gasteiger partial charge is 0.490 e. The number of aromatic nitrogens is 4. The van der Waals surface area contributed by atoms with Crippen LogP contribution < -0.4 is 29.5 Å². The molecule has 0 saturated carbocycles. The number of anilines is 3. The van der Waals surface area contributed by atoms with E-state index < -0.39 is 41.7 Å². The van der Waals surface area contributed by atoms with E-state index >= 15 is 0 Å². The van der Waals surface area contributed by atoms with Crippen LogP contribution in [-0.4, -0.2) is 181 Å². The second-order valence-corrected chi connectivity index (χ2v) is 29.5. The van der Waals surface area contributed by atoms with Crippen molar-refractivity contribution >= 4 is 116 Å². The van der Waals surface area contributed by atoms with Gasteiger partial charge in [0.05, 0.1) is 44.7 Å². The Morgan fingerprint density at radius 2 is 1.08 bits per heavy atom. The van der Waals surface area contributed by atoms with Gasteiger partial charge in [-0.25, -0.2) is 50.9 Å². The normalized spacial score (nSPS) is 16.3. The Labute approximate surface area is 566 Å². The van der Waals surface area contributed by atoms with E-state index in [4.69, 9.17) is 29.3 Å². The van der Waals surface area contributed by atoms with E-state index in [0.29, 0.717) is 54.2 Å². The molecule has 5 aromatic carbocycles. The van der Waals surface area contributed by atoms with Crippen molar-refractivity contribution in [1.29, 1.82) is 0 Å². The molecular weight excluding hydrogens is 1320 g/mol. The average molecular weight is 1400 g/mol. The van der Waals surface area contributed by atoms with Crippen LogP contribution in [0.4, 0.5) is 25.8 Å². The predicted octanol–water partition coefficient (Wildman–Crippen LogP) is 9.09. The van der Waals surface area contributed by atoms with Crippen LogP contribution in [0, 0.1) is 11.6 Å². The van der Waals surface area contributed by atoms with E-state index in [1.165, 1.54) is 39.1 Å². The highest BCUT2D eigenvalue weighted by Gasteiger charge is 2.32. The molecule has 0 saturated heterocycles. The van der Waals surface area contributed by atoms with Gasteiger partial charge in [0.15, 0.2) is 5.65 Å². The summed E-state index contributed by atoms with van der Waals surface area (Å²) in [4.78, 5) is 43.4. The Balaban J connectivity index is 0.000000143. The molecule has 0 bridgehead atoms. The number of hydrogen-bond donors (Lipinski definition) is 3. The Hall–Kier alpha value is -9.71. The van der Waals surface area contributed by atoms with Crippen molar-refractivity contribution in [3.8, 4) is 11.5 Å². The molecule has 9 aromatic rings. The number of ether oxygens (including phenoxy) is 2. The third-order valence-corrected chi connectivity index (χ3v) is 23.0. The summed E-state index contributed by atoms with van der Waals surface area (Å²) in [6.07, 6.45) is 15.9. The number of fused-ring (bicyclic) bond motifs is 6. The number of likely N-dealkylation sites (N-methyl/N-ethyl adjacent to an activating group) is 4. The third-order valence-electron chi connectivity index (χ3n) is 18.0. The van der Waals surface area contributed by atoms with Crippen LogP contribution in [0.15, 0.2) is 161 Å². The van der Waals surface area contributed by atoms with Gasteiger partial charge in [-0.1, -0.05) is 30.4 Å². The molecule has 4 aromatic heterocycles. The molecule has 0 spiro atoms. The van der Waals surface area contributed by atoms with Crippen LogP contribution in [0.3, 0.4) is 0 Å². The maximum absolute atomic E-state index is 14.9. The number of nitrogens with zero attached hydrogens (tertiary/aromatic N) is 9. The molecule has 1 amide bonds. The molecule has 15 rings (SSSR count). The lowest BCUT2D eigenvalue weighted by Gasteiger charge is -2.27. The van der Waals surface area contributed by atoms with Crippen LogP contribution in [-0.2, 0) is 50.9 Å². The van der Waals surface area contributed by atoms with Crippen LogP contribution in [0.5, 0.6) is 11.5 Å². The summed E-state index contributed by atoms with van der Waals surface area (Å²) in [6.45, 7) is 9.04. The van der Waals surface area contributed by atoms with E-state index in [9.17, 15) is 38.8 Å². The zero-order valence-corrected chi connectivity index (χ0v) is 57.0. The molecule has 0 atom stereocenters. The quantitative estimate of drug-likeness (QED) is 0.114. The fourth-order valence-electron chi connectivity index (χ4n) is 12.9. The summed E-state index contributed by atoms with van der Waals surface area (Å²) >= 11 is 0. The van der Waals surface area contributed by atoms with E-state index in [1.807, 2.05) is 50.1 Å². The number of carbonyl (C=O) groups excluding carboxylic acids is 1. The van der Waals surface area contributed by atoms with Crippen molar-refractivity contribution < 1.29 is 68.1 Å². The SMILES string of the molecule is CC(=O)N1CCc2cc(S(=O)(=O)n3cc(C4=CCNCC4)c4cccnc43)ccc21.CN1CC=C(c2cn(S(=O)(=O)c3ccc4c(c3)OCCN4C)c3c(F)cccc23)CC1.CN1CC=C(c2cn(S(=O)(=O)c3ccc4c(c3)OCCN4C)c3cc(F)ccc23)CC1.O=CO.O=CO. The molecule has 23 nitrogen and oxygen atoms in total. The van der Waals surface area contributed by atoms with Gasteiger partial charge in [0.25, 0.3) is 43.0 Å². The minimum Gasteiger partial charge on any atom is -0.490 e. The lowest BCUT2D eigenvalue weighted by atomic mass is 9.99. The van der Waals surface area contributed by atoms with Crippen LogP contribution in [0.1, 0.15) is 48.4 Å². The first-order valence-electron chi connectivity index (χ1n) is 31.5. The molecule has 0 radical (unpaired) electrons. The lowest BCUT2D eigenvalue weighted by molar-refractivity contribution is -0.123. The molecule has 0 aliphatic carbocycles. The molecule has 10 heterocycles. The number of amides is 1. The molecule has 514 valence electrons. The van der Waals surface area contributed by atoms with Crippen molar-refractivity contribution in [3.63, 3.8) is 0 Å². The second kappa shape index (κ2) is 29.2. The van der Waals surface area contributed by atoms with Gasteiger partial charge >= 0.3 is 0 Å². The smallest absolute Gasteiger partial charge is 0.290 e. The minimum absolute atomic E-state index is 0.0372. The number of hydrogen-bond acceptors (Lipinski definition) is 17. The molecule has 6 aliphatic rings. The molecule has 6 aliphatic heterocycles. The monoisotopic (exact) mass is 1400 g/mol. The Bertz CT molecular complexity index is 5020. The summed E-state index contributed by atoms with van der Waals surface area (Å²) in [5.74, 6) is -0.0123. The van der Waals surface area contributed by atoms with Crippen molar-refractivity contribution in [2.24, 2.45) is 0 Å². The highest BCUT2D eigenvalue weighted by atomic mass is 32.2. The second-order valence-electron chi connectivity index (χ2n) is 24.1. The molecule has 28 heteroatoms. The first-order valence-corrected chi connectivity index (χ1v) is 35.8. The first-order chi connectivity index (χ1) is 47.0.